The van der Waals surface area contributed by atoms with Gasteiger partial charge in [0.1, 0.15) is 5.76 Å². The van der Waals surface area contributed by atoms with Gasteiger partial charge in [-0.25, -0.2) is 0 Å². The van der Waals surface area contributed by atoms with Crippen molar-refractivity contribution in [2.24, 2.45) is 0 Å². The van der Waals surface area contributed by atoms with Crippen molar-refractivity contribution < 1.29 is 24.4 Å². The quantitative estimate of drug-likeness (QED) is 0.264. The summed E-state index contributed by atoms with van der Waals surface area (Å²) in [7, 11) is 1.50. The van der Waals surface area contributed by atoms with E-state index >= 15 is 0 Å². The first-order valence-corrected chi connectivity index (χ1v) is 8.94. The molecule has 2 aromatic carbocycles. The van der Waals surface area contributed by atoms with Gasteiger partial charge in [0.05, 0.1) is 23.1 Å². The lowest BCUT2D eigenvalue weighted by Gasteiger charge is -2.26. The van der Waals surface area contributed by atoms with Gasteiger partial charge in [-0.2, -0.15) is 0 Å². The van der Waals surface area contributed by atoms with Crippen LogP contribution >= 0.6 is 0 Å². The number of benzene rings is 2. The van der Waals surface area contributed by atoms with E-state index in [1.165, 1.54) is 36.3 Å². The highest BCUT2D eigenvalue weighted by atomic mass is 16.6. The molecule has 8 heteroatoms. The SMILES string of the molecule is COCCN1C(=O)C(=O)/C(=C(/O)c2ccc([N+](=O)[O-])cc2)C1c1ccccc1C. The molecule has 1 aliphatic heterocycles. The number of nitro benzene ring substituents is 1. The summed E-state index contributed by atoms with van der Waals surface area (Å²) in [6, 6.07) is 11.7. The third kappa shape index (κ3) is 3.74. The summed E-state index contributed by atoms with van der Waals surface area (Å²) >= 11 is 0. The molecule has 0 radical (unpaired) electrons. The van der Waals surface area contributed by atoms with Crippen LogP contribution in [0.2, 0.25) is 0 Å². The maximum Gasteiger partial charge on any atom is 0.295 e. The molecule has 2 aromatic rings. The average molecular weight is 396 g/mol. The molecule has 8 nitrogen and oxygen atoms in total. The van der Waals surface area contributed by atoms with E-state index in [1.54, 1.807) is 12.1 Å². The number of nitrogens with zero attached hydrogens (tertiary/aromatic N) is 2. The van der Waals surface area contributed by atoms with Gasteiger partial charge in [-0.15, -0.1) is 0 Å². The Labute approximate surface area is 167 Å². The number of carbonyl (C=O) groups excluding carboxylic acids is 2. The third-order valence-corrected chi connectivity index (χ3v) is 4.91. The second-order valence-corrected chi connectivity index (χ2v) is 6.65. The highest BCUT2D eigenvalue weighted by molar-refractivity contribution is 6.46. The molecule has 0 spiro atoms. The Kier molecular flexibility index (Phi) is 5.74. The van der Waals surface area contributed by atoms with Gasteiger partial charge in [-0.3, -0.25) is 19.7 Å². The van der Waals surface area contributed by atoms with Crippen LogP contribution in [0, 0.1) is 17.0 Å². The minimum atomic E-state index is -0.801. The number of hydrogen-bond acceptors (Lipinski definition) is 6. The second kappa shape index (κ2) is 8.24. The van der Waals surface area contributed by atoms with Gasteiger partial charge < -0.3 is 14.7 Å². The fraction of sp³-hybridized carbons (Fsp3) is 0.238. The summed E-state index contributed by atoms with van der Waals surface area (Å²) in [5, 5.41) is 21.7. The summed E-state index contributed by atoms with van der Waals surface area (Å²) in [5.41, 5.74) is 1.61. The van der Waals surface area contributed by atoms with Gasteiger partial charge >= 0.3 is 0 Å². The summed E-state index contributed by atoms with van der Waals surface area (Å²) in [4.78, 5) is 37.2. The van der Waals surface area contributed by atoms with Crippen LogP contribution in [0.3, 0.4) is 0 Å². The van der Waals surface area contributed by atoms with Crippen LogP contribution < -0.4 is 0 Å². The van der Waals surface area contributed by atoms with Crippen LogP contribution in [-0.4, -0.2) is 46.9 Å². The topological polar surface area (TPSA) is 110 Å². The van der Waals surface area contributed by atoms with Crippen LogP contribution in [0.4, 0.5) is 5.69 Å². The first-order chi connectivity index (χ1) is 13.9. The molecule has 1 N–H and O–H groups in total. The van der Waals surface area contributed by atoms with Gasteiger partial charge in [0.2, 0.25) is 0 Å². The predicted molar refractivity (Wildman–Crippen MR) is 105 cm³/mol. The molecule has 1 saturated heterocycles. The fourth-order valence-corrected chi connectivity index (χ4v) is 3.41. The van der Waals surface area contributed by atoms with E-state index in [0.29, 0.717) is 5.56 Å². The zero-order valence-corrected chi connectivity index (χ0v) is 16.0. The Balaban J connectivity index is 2.16. The monoisotopic (exact) mass is 396 g/mol. The first kappa shape index (κ1) is 20.2. The number of aliphatic hydroxyl groups is 1. The van der Waals surface area contributed by atoms with Crippen molar-refractivity contribution in [3.05, 3.63) is 80.9 Å². The third-order valence-electron chi connectivity index (χ3n) is 4.91. The summed E-state index contributed by atoms with van der Waals surface area (Å²) < 4.78 is 5.07. The number of amides is 1. The van der Waals surface area contributed by atoms with Crippen molar-refractivity contribution in [3.8, 4) is 0 Å². The number of non-ortho nitro benzene ring substituents is 1. The molecular weight excluding hydrogens is 376 g/mol. The van der Waals surface area contributed by atoms with Crippen LogP contribution in [0.5, 0.6) is 0 Å². The van der Waals surface area contributed by atoms with E-state index in [-0.39, 0.29) is 35.7 Å². The lowest BCUT2D eigenvalue weighted by Crippen LogP contribution is -2.32. The van der Waals surface area contributed by atoms with Gasteiger partial charge in [-0.1, -0.05) is 24.3 Å². The lowest BCUT2D eigenvalue weighted by atomic mass is 9.92. The molecule has 0 saturated carbocycles. The number of methoxy groups -OCH3 is 1. The lowest BCUT2D eigenvalue weighted by molar-refractivity contribution is -0.384. The number of aryl methyl sites for hydroxylation is 1. The number of rotatable bonds is 6. The number of ketones is 1. The minimum Gasteiger partial charge on any atom is -0.507 e. The normalized spacial score (nSPS) is 18.3. The predicted octanol–water partition coefficient (Wildman–Crippen LogP) is 2.97. The molecule has 29 heavy (non-hydrogen) atoms. The van der Waals surface area contributed by atoms with Gasteiger partial charge in [0.25, 0.3) is 17.4 Å². The average Bonchev–Trinajstić information content (AvgIpc) is 2.96. The number of ether oxygens (including phenoxy) is 1. The summed E-state index contributed by atoms with van der Waals surface area (Å²) in [6.07, 6.45) is 0. The summed E-state index contributed by atoms with van der Waals surface area (Å²) in [5.74, 6) is -1.89. The van der Waals surface area contributed by atoms with Gasteiger partial charge in [0.15, 0.2) is 0 Å². The Hall–Kier alpha value is -3.52. The van der Waals surface area contributed by atoms with Crippen LogP contribution in [0.15, 0.2) is 54.1 Å². The number of Topliss-reactive ketones (excluding diaryl/α,β-unsaturated/α-hetero) is 1. The number of likely N-dealkylation sites (tertiary alicyclic amines) is 1. The van der Waals surface area contributed by atoms with Crippen LogP contribution in [0.1, 0.15) is 22.7 Å². The van der Waals surface area contributed by atoms with E-state index in [0.717, 1.165) is 5.56 Å². The highest BCUT2D eigenvalue weighted by Crippen LogP contribution is 2.40. The molecule has 1 fully saturated rings. The maximum absolute atomic E-state index is 12.8. The smallest absolute Gasteiger partial charge is 0.295 e. The highest BCUT2D eigenvalue weighted by Gasteiger charge is 2.46. The molecule has 1 heterocycles. The summed E-state index contributed by atoms with van der Waals surface area (Å²) in [6.45, 7) is 2.27. The molecule has 3 rings (SSSR count). The van der Waals surface area contributed by atoms with E-state index in [1.807, 2.05) is 19.1 Å². The van der Waals surface area contributed by atoms with Crippen molar-refractivity contribution in [2.75, 3.05) is 20.3 Å². The molecular formula is C21H20N2O6. The van der Waals surface area contributed by atoms with Crippen molar-refractivity contribution in [2.45, 2.75) is 13.0 Å². The molecule has 1 aliphatic rings. The largest absolute Gasteiger partial charge is 0.507 e. The number of carbonyl (C=O) groups is 2. The Bertz CT molecular complexity index is 996. The van der Waals surface area contributed by atoms with Gasteiger partial charge in [-0.05, 0) is 30.2 Å². The molecule has 1 amide bonds. The van der Waals surface area contributed by atoms with E-state index in [9.17, 15) is 24.8 Å². The molecule has 150 valence electrons. The van der Waals surface area contributed by atoms with Crippen molar-refractivity contribution in [3.63, 3.8) is 0 Å². The van der Waals surface area contributed by atoms with Crippen molar-refractivity contribution in [1.82, 2.24) is 4.90 Å². The van der Waals surface area contributed by atoms with Crippen LogP contribution in [-0.2, 0) is 14.3 Å². The van der Waals surface area contributed by atoms with Crippen molar-refractivity contribution >= 4 is 23.1 Å². The zero-order chi connectivity index (χ0) is 21.1. The van der Waals surface area contributed by atoms with E-state index < -0.39 is 22.7 Å². The molecule has 1 atom stereocenters. The Morgan fingerprint density at radius 2 is 1.83 bits per heavy atom. The minimum absolute atomic E-state index is 0.0470. The first-order valence-electron chi connectivity index (χ1n) is 8.94. The number of hydrogen-bond donors (Lipinski definition) is 1. The van der Waals surface area contributed by atoms with Crippen LogP contribution in [0.25, 0.3) is 5.76 Å². The number of aliphatic hydroxyl groups excluding tert-OH is 1. The zero-order valence-electron chi connectivity index (χ0n) is 16.0. The van der Waals surface area contributed by atoms with E-state index in [2.05, 4.69) is 0 Å². The molecule has 0 bridgehead atoms. The van der Waals surface area contributed by atoms with E-state index in [4.69, 9.17) is 4.74 Å². The standard InChI is InChI=1S/C21H20N2O6/c1-13-5-3-4-6-16(13)18-17(20(25)21(26)22(18)11-12-29-2)19(24)14-7-9-15(10-8-14)23(27)28/h3-10,18,24H,11-12H2,1-2H3/b19-17+. The molecule has 0 aromatic heterocycles. The Morgan fingerprint density at radius 1 is 1.17 bits per heavy atom. The second-order valence-electron chi connectivity index (χ2n) is 6.65. The maximum atomic E-state index is 12.8. The molecule has 1 unspecified atom stereocenters. The fourth-order valence-electron chi connectivity index (χ4n) is 3.41. The number of nitro groups is 1. The molecule has 0 aliphatic carbocycles. The van der Waals surface area contributed by atoms with Crippen molar-refractivity contribution in [1.29, 1.82) is 0 Å². The van der Waals surface area contributed by atoms with Gasteiger partial charge in [0, 0.05) is 31.4 Å². The Morgan fingerprint density at radius 3 is 2.41 bits per heavy atom.